The molecule has 5 nitrogen and oxygen atoms in total. The van der Waals surface area contributed by atoms with E-state index >= 15 is 0 Å². The summed E-state index contributed by atoms with van der Waals surface area (Å²) in [6.45, 7) is -0.252. The molecular formula is C19H18N2O3S. The van der Waals surface area contributed by atoms with Crippen LogP contribution in [0.25, 0.3) is 10.6 Å². The zero-order valence-electron chi connectivity index (χ0n) is 13.5. The average molecular weight is 354 g/mol. The van der Waals surface area contributed by atoms with E-state index in [4.69, 9.17) is 0 Å². The van der Waals surface area contributed by atoms with Crippen LogP contribution in [0.2, 0.25) is 0 Å². The predicted octanol–water partition coefficient (Wildman–Crippen LogP) is 2.70. The lowest BCUT2D eigenvalue weighted by Gasteiger charge is -2.11. The molecule has 3 rings (SSSR count). The van der Waals surface area contributed by atoms with E-state index in [1.54, 1.807) is 36.7 Å². The van der Waals surface area contributed by atoms with Crippen LogP contribution < -0.4 is 0 Å². The Bertz CT molecular complexity index is 827. The van der Waals surface area contributed by atoms with E-state index in [1.807, 2.05) is 18.2 Å². The van der Waals surface area contributed by atoms with Crippen molar-refractivity contribution in [3.05, 3.63) is 71.0 Å². The second-order valence-electron chi connectivity index (χ2n) is 5.62. The minimum Gasteiger partial charge on any atom is -0.396 e. The molecule has 0 fully saturated rings. The molecule has 0 bridgehead atoms. The van der Waals surface area contributed by atoms with E-state index in [-0.39, 0.29) is 31.3 Å². The average Bonchev–Trinajstić information content (AvgIpc) is 3.12. The highest BCUT2D eigenvalue weighted by Gasteiger charge is 2.13. The van der Waals surface area contributed by atoms with Crippen LogP contribution >= 0.6 is 11.3 Å². The number of Topliss-reactive ketones (excluding diaryl/α,β-unsaturated/α-hetero) is 1. The van der Waals surface area contributed by atoms with Crippen molar-refractivity contribution in [2.24, 2.45) is 0 Å². The largest absolute Gasteiger partial charge is 0.396 e. The standard InChI is InChI=1S/C19H18N2O3S/c22-11-15(12-23)13-4-6-14(7-5-13)17(24)9-19-21-10-18(25-19)16-3-1-2-8-20-16/h1-8,10,15,22-23H,9,11-12H2. The Labute approximate surface area is 149 Å². The molecule has 6 heteroatoms. The molecule has 0 aliphatic heterocycles. The quantitative estimate of drug-likeness (QED) is 0.638. The molecule has 128 valence electrons. The minimum atomic E-state index is -0.316. The zero-order valence-corrected chi connectivity index (χ0v) is 14.3. The Morgan fingerprint density at radius 2 is 1.80 bits per heavy atom. The summed E-state index contributed by atoms with van der Waals surface area (Å²) >= 11 is 1.46. The molecule has 1 aromatic carbocycles. The van der Waals surface area contributed by atoms with E-state index in [1.165, 1.54) is 11.3 Å². The van der Waals surface area contributed by atoms with E-state index in [0.29, 0.717) is 5.56 Å². The van der Waals surface area contributed by atoms with Crippen molar-refractivity contribution in [1.82, 2.24) is 9.97 Å². The van der Waals surface area contributed by atoms with E-state index < -0.39 is 0 Å². The summed E-state index contributed by atoms with van der Waals surface area (Å²) in [5.41, 5.74) is 2.25. The summed E-state index contributed by atoms with van der Waals surface area (Å²) in [5, 5.41) is 19.2. The number of benzene rings is 1. The topological polar surface area (TPSA) is 83.3 Å². The van der Waals surface area contributed by atoms with Crippen LogP contribution in [0.3, 0.4) is 0 Å². The SMILES string of the molecule is O=C(Cc1ncc(-c2ccccn2)s1)c1ccc(C(CO)CO)cc1. The fraction of sp³-hybridized carbons (Fsp3) is 0.211. The highest BCUT2D eigenvalue weighted by Crippen LogP contribution is 2.25. The lowest BCUT2D eigenvalue weighted by Crippen LogP contribution is -2.09. The number of hydrogen-bond acceptors (Lipinski definition) is 6. The smallest absolute Gasteiger partial charge is 0.169 e. The molecule has 0 saturated carbocycles. The molecule has 0 amide bonds. The summed E-state index contributed by atoms with van der Waals surface area (Å²) < 4.78 is 0. The highest BCUT2D eigenvalue weighted by molar-refractivity contribution is 7.15. The van der Waals surface area contributed by atoms with Crippen molar-refractivity contribution in [2.45, 2.75) is 12.3 Å². The number of ketones is 1. The Balaban J connectivity index is 1.69. The molecule has 25 heavy (non-hydrogen) atoms. The van der Waals surface area contributed by atoms with Crippen LogP contribution in [-0.4, -0.2) is 39.2 Å². The van der Waals surface area contributed by atoms with Gasteiger partial charge in [-0.25, -0.2) is 4.98 Å². The molecule has 0 radical (unpaired) electrons. The van der Waals surface area contributed by atoms with Gasteiger partial charge < -0.3 is 10.2 Å². The van der Waals surface area contributed by atoms with Gasteiger partial charge in [-0.2, -0.15) is 0 Å². The van der Waals surface area contributed by atoms with Gasteiger partial charge in [-0.1, -0.05) is 30.3 Å². The fourth-order valence-corrected chi connectivity index (χ4v) is 3.36. The monoisotopic (exact) mass is 354 g/mol. The molecule has 0 atom stereocenters. The summed E-state index contributed by atoms with van der Waals surface area (Å²) in [5.74, 6) is -0.331. The molecule has 3 aromatic rings. The molecule has 0 saturated heterocycles. The summed E-state index contributed by atoms with van der Waals surface area (Å²) in [7, 11) is 0. The van der Waals surface area contributed by atoms with Gasteiger partial charge in [0.05, 0.1) is 30.2 Å². The summed E-state index contributed by atoms with van der Waals surface area (Å²) in [6.07, 6.45) is 3.71. The highest BCUT2D eigenvalue weighted by atomic mass is 32.1. The van der Waals surface area contributed by atoms with E-state index in [2.05, 4.69) is 9.97 Å². The Morgan fingerprint density at radius 1 is 1.04 bits per heavy atom. The first-order chi connectivity index (χ1) is 12.2. The maximum absolute atomic E-state index is 12.4. The van der Waals surface area contributed by atoms with Crippen LogP contribution in [0.1, 0.15) is 26.8 Å². The number of pyridine rings is 1. The molecule has 0 unspecified atom stereocenters. The van der Waals surface area contributed by atoms with Crippen LogP contribution in [0.5, 0.6) is 0 Å². The van der Waals surface area contributed by atoms with Crippen molar-refractivity contribution in [3.8, 4) is 10.6 Å². The first kappa shape index (κ1) is 17.4. The molecule has 0 spiro atoms. The molecule has 2 aromatic heterocycles. The van der Waals surface area contributed by atoms with Gasteiger partial charge in [-0.3, -0.25) is 9.78 Å². The number of hydrogen-bond donors (Lipinski definition) is 2. The molecule has 0 aliphatic carbocycles. The van der Waals surface area contributed by atoms with E-state index in [0.717, 1.165) is 21.1 Å². The van der Waals surface area contributed by atoms with Gasteiger partial charge in [-0.05, 0) is 17.7 Å². The lowest BCUT2D eigenvalue weighted by molar-refractivity contribution is 0.0993. The first-order valence-electron chi connectivity index (χ1n) is 7.92. The number of aromatic nitrogens is 2. The van der Waals surface area contributed by atoms with Gasteiger partial charge in [0, 0.05) is 23.9 Å². The van der Waals surface area contributed by atoms with Gasteiger partial charge in [0.1, 0.15) is 5.01 Å². The fourth-order valence-electron chi connectivity index (χ4n) is 2.47. The van der Waals surface area contributed by atoms with Gasteiger partial charge in [0.15, 0.2) is 5.78 Å². The number of carbonyl (C=O) groups excluding carboxylic acids is 1. The number of aliphatic hydroxyl groups excluding tert-OH is 2. The molecule has 2 heterocycles. The second-order valence-corrected chi connectivity index (χ2v) is 6.73. The maximum Gasteiger partial charge on any atom is 0.169 e. The summed E-state index contributed by atoms with van der Waals surface area (Å²) in [4.78, 5) is 22.0. The molecule has 0 aliphatic rings. The summed E-state index contributed by atoms with van der Waals surface area (Å²) in [6, 6.07) is 12.7. The van der Waals surface area contributed by atoms with E-state index in [9.17, 15) is 15.0 Å². The van der Waals surface area contributed by atoms with Gasteiger partial charge in [0.25, 0.3) is 0 Å². The zero-order chi connectivity index (χ0) is 17.6. The number of aliphatic hydroxyl groups is 2. The molecular weight excluding hydrogens is 336 g/mol. The van der Waals surface area contributed by atoms with Crippen LogP contribution in [-0.2, 0) is 6.42 Å². The third-order valence-electron chi connectivity index (χ3n) is 3.93. The predicted molar refractivity (Wildman–Crippen MR) is 96.7 cm³/mol. The normalized spacial score (nSPS) is 11.0. The number of nitrogens with zero attached hydrogens (tertiary/aromatic N) is 2. The van der Waals surface area contributed by atoms with Gasteiger partial charge >= 0.3 is 0 Å². The Kier molecular flexibility index (Phi) is 5.65. The van der Waals surface area contributed by atoms with Crippen LogP contribution in [0.4, 0.5) is 0 Å². The van der Waals surface area contributed by atoms with Crippen LogP contribution in [0, 0.1) is 0 Å². The van der Waals surface area contributed by atoms with Crippen molar-refractivity contribution in [3.63, 3.8) is 0 Å². The van der Waals surface area contributed by atoms with Crippen molar-refractivity contribution < 1.29 is 15.0 Å². The second kappa shape index (κ2) is 8.11. The van der Waals surface area contributed by atoms with Gasteiger partial charge in [-0.15, -0.1) is 11.3 Å². The first-order valence-corrected chi connectivity index (χ1v) is 8.74. The maximum atomic E-state index is 12.4. The van der Waals surface area contributed by atoms with Crippen molar-refractivity contribution in [1.29, 1.82) is 0 Å². The third-order valence-corrected chi connectivity index (χ3v) is 4.95. The third kappa shape index (κ3) is 4.17. The Hall–Kier alpha value is -2.41. The van der Waals surface area contributed by atoms with Gasteiger partial charge in [0.2, 0.25) is 0 Å². The minimum absolute atomic E-state index is 0.0157. The van der Waals surface area contributed by atoms with Crippen molar-refractivity contribution >= 4 is 17.1 Å². The lowest BCUT2D eigenvalue weighted by atomic mass is 9.98. The van der Waals surface area contributed by atoms with Crippen LogP contribution in [0.15, 0.2) is 54.9 Å². The number of carbonyl (C=O) groups is 1. The van der Waals surface area contributed by atoms with Crippen molar-refractivity contribution in [2.75, 3.05) is 13.2 Å². The number of thiazole rings is 1. The number of rotatable bonds is 7. The molecule has 2 N–H and O–H groups in total. The Morgan fingerprint density at radius 3 is 2.44 bits per heavy atom.